The van der Waals surface area contributed by atoms with E-state index in [1.165, 1.54) is 7.05 Å². The van der Waals surface area contributed by atoms with Gasteiger partial charge in [0.15, 0.2) is 0 Å². The van der Waals surface area contributed by atoms with E-state index >= 15 is 0 Å². The van der Waals surface area contributed by atoms with Crippen LogP contribution in [0.25, 0.3) is 0 Å². The van der Waals surface area contributed by atoms with E-state index in [0.29, 0.717) is 0 Å². The number of carboxylic acid groups (broad SMARTS) is 2. The van der Waals surface area contributed by atoms with E-state index in [2.05, 4.69) is 10.6 Å². The Kier molecular flexibility index (Phi) is 2.69. The summed E-state index contributed by atoms with van der Waals surface area (Å²) in [7, 11) is 1.43. The van der Waals surface area contributed by atoms with Gasteiger partial charge in [0, 0.05) is 19.0 Å². The summed E-state index contributed by atoms with van der Waals surface area (Å²) in [6.45, 7) is 0. The first-order valence-corrected chi connectivity index (χ1v) is 5.56. The molecule has 0 aromatic heterocycles. The van der Waals surface area contributed by atoms with Gasteiger partial charge >= 0.3 is 18.0 Å². The number of carbonyl (C=O) groups excluding carboxylic acids is 1. The quantitative estimate of drug-likeness (QED) is 0.413. The fraction of sp³-hybridized carbons (Fsp3) is 0.700. The van der Waals surface area contributed by atoms with Gasteiger partial charge in [-0.05, 0) is 12.3 Å². The number of fused-ring (bicyclic) bond motifs is 1. The molecule has 0 heterocycles. The van der Waals surface area contributed by atoms with Crippen molar-refractivity contribution in [3.63, 3.8) is 0 Å². The van der Waals surface area contributed by atoms with Crippen molar-refractivity contribution in [3.8, 4) is 0 Å². The number of hydrogen-bond acceptors (Lipinski definition) is 4. The smallest absolute Gasteiger partial charge is 0.324 e. The topological polar surface area (TPSA) is 142 Å². The molecule has 100 valence electrons. The third-order valence-corrected chi connectivity index (χ3v) is 3.92. The summed E-state index contributed by atoms with van der Waals surface area (Å²) in [6.07, 6.45) is 0.0505. The number of amides is 2. The maximum absolute atomic E-state index is 11.2. The molecule has 2 rings (SSSR count). The van der Waals surface area contributed by atoms with Gasteiger partial charge in [0.2, 0.25) is 0 Å². The minimum Gasteiger partial charge on any atom is -0.481 e. The van der Waals surface area contributed by atoms with Crippen molar-refractivity contribution in [2.75, 3.05) is 7.05 Å². The van der Waals surface area contributed by atoms with Crippen molar-refractivity contribution in [1.29, 1.82) is 0 Å². The first-order valence-electron chi connectivity index (χ1n) is 5.56. The molecule has 2 fully saturated rings. The summed E-state index contributed by atoms with van der Waals surface area (Å²) < 4.78 is 0. The zero-order valence-corrected chi connectivity index (χ0v) is 9.71. The molecular formula is C10H15N3O5. The van der Waals surface area contributed by atoms with Crippen LogP contribution in [-0.4, -0.2) is 46.8 Å². The lowest BCUT2D eigenvalue weighted by molar-refractivity contribution is -0.145. The number of aliphatic carboxylic acids is 2. The molecule has 6 N–H and O–H groups in total. The molecule has 5 atom stereocenters. The summed E-state index contributed by atoms with van der Waals surface area (Å²) in [6, 6.07) is -0.985. The highest BCUT2D eigenvalue weighted by molar-refractivity contribution is 5.86. The summed E-state index contributed by atoms with van der Waals surface area (Å²) in [4.78, 5) is 33.4. The van der Waals surface area contributed by atoms with Gasteiger partial charge in [-0.2, -0.15) is 0 Å². The highest BCUT2D eigenvalue weighted by Crippen LogP contribution is 2.61. The van der Waals surface area contributed by atoms with Crippen LogP contribution in [0.5, 0.6) is 0 Å². The Hall–Kier alpha value is -1.83. The van der Waals surface area contributed by atoms with Crippen LogP contribution in [0.3, 0.4) is 0 Å². The Morgan fingerprint density at radius 2 is 1.94 bits per heavy atom. The largest absolute Gasteiger partial charge is 0.481 e. The summed E-state index contributed by atoms with van der Waals surface area (Å²) >= 11 is 0. The maximum Gasteiger partial charge on any atom is 0.324 e. The molecule has 0 spiro atoms. The Bertz CT molecular complexity index is 426. The molecule has 8 nitrogen and oxygen atoms in total. The fourth-order valence-corrected chi connectivity index (χ4v) is 3.07. The highest BCUT2D eigenvalue weighted by atomic mass is 16.4. The van der Waals surface area contributed by atoms with Crippen LogP contribution in [0.15, 0.2) is 0 Å². The molecule has 0 radical (unpaired) electrons. The van der Waals surface area contributed by atoms with Gasteiger partial charge in [-0.1, -0.05) is 0 Å². The number of urea groups is 1. The monoisotopic (exact) mass is 257 g/mol. The zero-order valence-electron chi connectivity index (χ0n) is 9.71. The van der Waals surface area contributed by atoms with Gasteiger partial charge in [0.1, 0.15) is 5.54 Å². The van der Waals surface area contributed by atoms with E-state index in [-0.39, 0.29) is 6.42 Å². The maximum atomic E-state index is 11.2. The van der Waals surface area contributed by atoms with Crippen molar-refractivity contribution >= 4 is 18.0 Å². The number of carboxylic acids is 2. The lowest BCUT2D eigenvalue weighted by Crippen LogP contribution is -2.53. The second-order valence-corrected chi connectivity index (χ2v) is 4.85. The van der Waals surface area contributed by atoms with E-state index in [4.69, 9.17) is 15.9 Å². The number of carbonyl (C=O) groups is 3. The number of nitrogens with two attached hydrogens (primary N) is 1. The molecule has 0 saturated heterocycles. The number of rotatable bonds is 3. The lowest BCUT2D eigenvalue weighted by Gasteiger charge is -2.24. The van der Waals surface area contributed by atoms with Crippen LogP contribution < -0.4 is 16.4 Å². The normalized spacial score (nSPS) is 40.8. The zero-order chi connectivity index (χ0) is 13.7. The Labute approximate surface area is 103 Å². The van der Waals surface area contributed by atoms with Crippen LogP contribution in [-0.2, 0) is 9.59 Å². The van der Waals surface area contributed by atoms with Crippen molar-refractivity contribution in [3.05, 3.63) is 0 Å². The molecule has 0 unspecified atom stereocenters. The molecule has 18 heavy (non-hydrogen) atoms. The number of hydrogen-bond donors (Lipinski definition) is 5. The second-order valence-electron chi connectivity index (χ2n) is 4.85. The van der Waals surface area contributed by atoms with Crippen LogP contribution in [0.4, 0.5) is 4.79 Å². The Morgan fingerprint density at radius 1 is 1.33 bits per heavy atom. The third kappa shape index (κ3) is 1.60. The number of nitrogens with one attached hydrogen (secondary N) is 2. The Morgan fingerprint density at radius 3 is 2.39 bits per heavy atom. The third-order valence-electron chi connectivity index (χ3n) is 3.92. The SMILES string of the molecule is CNC(=O)N[C@H]1C[C@@](N)(C(=O)O)[C@@H]2[C@@H](C(=O)O)[C@@H]21. The van der Waals surface area contributed by atoms with Crippen molar-refractivity contribution < 1.29 is 24.6 Å². The summed E-state index contributed by atoms with van der Waals surface area (Å²) in [5, 5.41) is 23.0. The van der Waals surface area contributed by atoms with Crippen molar-refractivity contribution in [2.24, 2.45) is 23.5 Å². The van der Waals surface area contributed by atoms with Gasteiger partial charge in [0.05, 0.1) is 5.92 Å². The van der Waals surface area contributed by atoms with E-state index in [9.17, 15) is 14.4 Å². The average molecular weight is 257 g/mol. The van der Waals surface area contributed by atoms with Gasteiger partial charge < -0.3 is 26.6 Å². The molecule has 2 saturated carbocycles. The average Bonchev–Trinajstić information content (AvgIpc) is 2.97. The van der Waals surface area contributed by atoms with Crippen molar-refractivity contribution in [2.45, 2.75) is 18.0 Å². The first-order chi connectivity index (χ1) is 8.32. The molecule has 2 aliphatic rings. The van der Waals surface area contributed by atoms with Crippen LogP contribution in [0, 0.1) is 17.8 Å². The Balaban J connectivity index is 2.19. The highest BCUT2D eigenvalue weighted by Gasteiger charge is 2.74. The van der Waals surface area contributed by atoms with Crippen LogP contribution in [0.1, 0.15) is 6.42 Å². The van der Waals surface area contributed by atoms with Gasteiger partial charge in [-0.3, -0.25) is 9.59 Å². The van der Waals surface area contributed by atoms with Gasteiger partial charge in [-0.15, -0.1) is 0 Å². The lowest BCUT2D eigenvalue weighted by atomic mass is 9.90. The standard InChI is InChI=1S/C10H15N3O5/c1-12-9(18)13-3-2-10(11,8(16)17)6-4(3)5(6)7(14)15/h3-6H,2,11H2,1H3,(H,14,15)(H,16,17)(H2,12,13,18)/t3-,4-,5-,6-,10-/m0/s1. The van der Waals surface area contributed by atoms with E-state index in [1.54, 1.807) is 0 Å². The minimum atomic E-state index is -1.57. The fourth-order valence-electron chi connectivity index (χ4n) is 3.07. The molecule has 8 heteroatoms. The predicted molar refractivity (Wildman–Crippen MR) is 58.7 cm³/mol. The first kappa shape index (κ1) is 12.6. The summed E-state index contributed by atoms with van der Waals surface area (Å²) in [5.74, 6) is -4.09. The second kappa shape index (κ2) is 3.84. The summed E-state index contributed by atoms with van der Waals surface area (Å²) in [5.41, 5.74) is 4.22. The van der Waals surface area contributed by atoms with Crippen LogP contribution >= 0.6 is 0 Å². The molecule has 0 aromatic rings. The minimum absolute atomic E-state index is 0.0505. The van der Waals surface area contributed by atoms with Gasteiger partial charge in [0.25, 0.3) is 0 Å². The molecule has 2 aliphatic carbocycles. The predicted octanol–water partition coefficient (Wildman–Crippen LogP) is -1.58. The van der Waals surface area contributed by atoms with E-state index in [0.717, 1.165) is 0 Å². The molecule has 0 aliphatic heterocycles. The van der Waals surface area contributed by atoms with Gasteiger partial charge in [-0.25, -0.2) is 4.79 Å². The molecule has 0 bridgehead atoms. The van der Waals surface area contributed by atoms with Crippen molar-refractivity contribution in [1.82, 2.24) is 10.6 Å². The molecule has 2 amide bonds. The molecule has 0 aromatic carbocycles. The van der Waals surface area contributed by atoms with E-state index < -0.39 is 47.3 Å². The molecular weight excluding hydrogens is 242 g/mol. The van der Waals surface area contributed by atoms with E-state index in [1.807, 2.05) is 0 Å². The van der Waals surface area contributed by atoms with Crippen LogP contribution in [0.2, 0.25) is 0 Å².